The number of rotatable bonds is 3. The van der Waals surface area contributed by atoms with Gasteiger partial charge >= 0.3 is 0 Å². The number of ether oxygens (including phenoxy) is 1. The SMILES string of the molecule is O=S(=O)(c1ccc2c(c1)-c1oncc1CO2)N1CCN(c2ccccc2)CC1. The highest BCUT2D eigenvalue weighted by Gasteiger charge is 2.31. The fourth-order valence-electron chi connectivity index (χ4n) is 3.69. The fourth-order valence-corrected chi connectivity index (χ4v) is 5.14. The van der Waals surface area contributed by atoms with Gasteiger partial charge in [0.25, 0.3) is 0 Å². The highest BCUT2D eigenvalue weighted by Crippen LogP contribution is 2.39. The molecule has 2 aliphatic rings. The molecule has 0 N–H and O–H groups in total. The second-order valence-electron chi connectivity index (χ2n) is 6.85. The van der Waals surface area contributed by atoms with Crippen molar-refractivity contribution < 1.29 is 17.7 Å². The minimum absolute atomic E-state index is 0.243. The summed E-state index contributed by atoms with van der Waals surface area (Å²) in [4.78, 5) is 2.44. The molecule has 28 heavy (non-hydrogen) atoms. The first-order valence-electron chi connectivity index (χ1n) is 9.14. The number of aromatic nitrogens is 1. The zero-order chi connectivity index (χ0) is 19.1. The van der Waals surface area contributed by atoms with Gasteiger partial charge in [-0.25, -0.2) is 8.42 Å². The van der Waals surface area contributed by atoms with E-state index in [9.17, 15) is 8.42 Å². The first-order valence-corrected chi connectivity index (χ1v) is 10.6. The van der Waals surface area contributed by atoms with E-state index >= 15 is 0 Å². The number of para-hydroxylation sites is 1. The lowest BCUT2D eigenvalue weighted by Gasteiger charge is -2.35. The molecule has 5 rings (SSSR count). The van der Waals surface area contributed by atoms with Gasteiger partial charge in [-0.3, -0.25) is 0 Å². The molecule has 1 fully saturated rings. The molecule has 3 heterocycles. The Hall–Kier alpha value is -2.84. The summed E-state index contributed by atoms with van der Waals surface area (Å²) >= 11 is 0. The number of anilines is 1. The molecular formula is C20H19N3O4S. The minimum Gasteiger partial charge on any atom is -0.488 e. The molecule has 0 amide bonds. The van der Waals surface area contributed by atoms with Gasteiger partial charge in [0.1, 0.15) is 12.4 Å². The smallest absolute Gasteiger partial charge is 0.243 e. The lowest BCUT2D eigenvalue weighted by atomic mass is 10.1. The van der Waals surface area contributed by atoms with Crippen molar-refractivity contribution in [2.24, 2.45) is 0 Å². The predicted octanol–water partition coefficient (Wildman–Crippen LogP) is 2.74. The topological polar surface area (TPSA) is 75.9 Å². The zero-order valence-corrected chi connectivity index (χ0v) is 15.9. The third-order valence-corrected chi connectivity index (χ3v) is 7.12. The first kappa shape index (κ1) is 17.3. The molecule has 0 radical (unpaired) electrons. The maximum atomic E-state index is 13.2. The van der Waals surface area contributed by atoms with Gasteiger partial charge in [-0.2, -0.15) is 4.31 Å². The second kappa shape index (κ2) is 6.65. The summed E-state index contributed by atoms with van der Waals surface area (Å²) in [6.07, 6.45) is 1.60. The molecule has 7 nitrogen and oxygen atoms in total. The predicted molar refractivity (Wildman–Crippen MR) is 104 cm³/mol. The summed E-state index contributed by atoms with van der Waals surface area (Å²) in [6, 6.07) is 15.0. The Morgan fingerprint density at radius 2 is 1.75 bits per heavy atom. The first-order chi connectivity index (χ1) is 13.6. The van der Waals surface area contributed by atoms with E-state index in [1.165, 1.54) is 0 Å². The van der Waals surface area contributed by atoms with Crippen LogP contribution in [-0.4, -0.2) is 44.1 Å². The molecule has 8 heteroatoms. The van der Waals surface area contributed by atoms with Crippen LogP contribution in [-0.2, 0) is 16.6 Å². The maximum absolute atomic E-state index is 13.2. The van der Waals surface area contributed by atoms with Crippen molar-refractivity contribution in [1.29, 1.82) is 0 Å². The Bertz CT molecular complexity index is 1100. The maximum Gasteiger partial charge on any atom is 0.243 e. The van der Waals surface area contributed by atoms with Crippen LogP contribution in [0.15, 0.2) is 64.1 Å². The largest absolute Gasteiger partial charge is 0.488 e. The molecule has 2 aliphatic heterocycles. The number of fused-ring (bicyclic) bond motifs is 3. The number of nitrogens with zero attached hydrogens (tertiary/aromatic N) is 3. The standard InChI is InChI=1S/C20H19N3O4S/c24-28(25,23-10-8-22(9-11-23)16-4-2-1-3-5-16)17-6-7-19-18(12-17)20-15(14-26-19)13-21-27-20/h1-7,12-13H,8-11,14H2. The molecule has 2 aromatic carbocycles. The number of hydrogen-bond acceptors (Lipinski definition) is 6. The summed E-state index contributed by atoms with van der Waals surface area (Å²) in [5, 5.41) is 3.80. The third-order valence-electron chi connectivity index (χ3n) is 5.22. The molecule has 1 saturated heterocycles. The van der Waals surface area contributed by atoms with Crippen LogP contribution in [0.1, 0.15) is 5.56 Å². The minimum atomic E-state index is -3.60. The fraction of sp³-hybridized carbons (Fsp3) is 0.250. The second-order valence-corrected chi connectivity index (χ2v) is 8.79. The van der Waals surface area contributed by atoms with Gasteiger partial charge in [0.15, 0.2) is 5.76 Å². The molecule has 0 saturated carbocycles. The Balaban J connectivity index is 1.39. The van der Waals surface area contributed by atoms with Crippen molar-refractivity contribution in [3.8, 4) is 17.1 Å². The molecule has 0 atom stereocenters. The zero-order valence-electron chi connectivity index (χ0n) is 15.1. The normalized spacial score (nSPS) is 16.9. The van der Waals surface area contributed by atoms with E-state index in [0.717, 1.165) is 11.3 Å². The quantitative estimate of drug-likeness (QED) is 0.676. The van der Waals surface area contributed by atoms with Gasteiger partial charge in [-0.1, -0.05) is 23.4 Å². The van der Waals surface area contributed by atoms with E-state index in [2.05, 4.69) is 10.1 Å². The van der Waals surface area contributed by atoms with Crippen LogP contribution in [0, 0.1) is 0 Å². The van der Waals surface area contributed by atoms with E-state index in [1.807, 2.05) is 30.3 Å². The summed E-state index contributed by atoms with van der Waals surface area (Å²) in [5.41, 5.74) is 2.56. The van der Waals surface area contributed by atoms with Crippen molar-refractivity contribution >= 4 is 15.7 Å². The number of hydrogen-bond donors (Lipinski definition) is 0. The van der Waals surface area contributed by atoms with Crippen LogP contribution >= 0.6 is 0 Å². The van der Waals surface area contributed by atoms with Crippen LogP contribution in [0.5, 0.6) is 5.75 Å². The van der Waals surface area contributed by atoms with E-state index < -0.39 is 10.0 Å². The Morgan fingerprint density at radius 1 is 0.964 bits per heavy atom. The lowest BCUT2D eigenvalue weighted by Crippen LogP contribution is -2.48. The van der Waals surface area contributed by atoms with Crippen molar-refractivity contribution in [2.75, 3.05) is 31.1 Å². The molecule has 3 aromatic rings. The average Bonchev–Trinajstić information content (AvgIpc) is 3.23. The highest BCUT2D eigenvalue weighted by atomic mass is 32.2. The summed E-state index contributed by atoms with van der Waals surface area (Å²) in [6.45, 7) is 2.57. The van der Waals surface area contributed by atoms with Crippen LogP contribution in [0.3, 0.4) is 0 Å². The van der Waals surface area contributed by atoms with Gasteiger partial charge < -0.3 is 14.2 Å². The number of sulfonamides is 1. The van der Waals surface area contributed by atoms with E-state index in [-0.39, 0.29) is 4.90 Å². The van der Waals surface area contributed by atoms with Crippen molar-refractivity contribution in [2.45, 2.75) is 11.5 Å². The molecule has 1 aromatic heterocycles. The Labute approximate surface area is 163 Å². The lowest BCUT2D eigenvalue weighted by molar-refractivity contribution is 0.297. The van der Waals surface area contributed by atoms with Crippen molar-refractivity contribution in [3.05, 3.63) is 60.3 Å². The summed E-state index contributed by atoms with van der Waals surface area (Å²) in [7, 11) is -3.60. The van der Waals surface area contributed by atoms with Crippen LogP contribution in [0.2, 0.25) is 0 Å². The summed E-state index contributed by atoms with van der Waals surface area (Å²) < 4.78 is 38.9. The number of piperazine rings is 1. The van der Waals surface area contributed by atoms with Gasteiger partial charge in [-0.15, -0.1) is 0 Å². The van der Waals surface area contributed by atoms with Crippen LogP contribution in [0.4, 0.5) is 5.69 Å². The van der Waals surface area contributed by atoms with Gasteiger partial charge in [0.2, 0.25) is 10.0 Å². The molecule has 0 unspecified atom stereocenters. The van der Waals surface area contributed by atoms with Crippen LogP contribution < -0.4 is 9.64 Å². The monoisotopic (exact) mass is 397 g/mol. The molecule has 144 valence electrons. The van der Waals surface area contributed by atoms with Gasteiger partial charge in [0.05, 0.1) is 22.2 Å². The average molecular weight is 397 g/mol. The van der Waals surface area contributed by atoms with E-state index in [0.29, 0.717) is 49.9 Å². The van der Waals surface area contributed by atoms with Crippen molar-refractivity contribution in [3.63, 3.8) is 0 Å². The Morgan fingerprint density at radius 3 is 2.54 bits per heavy atom. The Kier molecular flexibility index (Phi) is 4.10. The van der Waals surface area contributed by atoms with E-state index in [4.69, 9.17) is 9.26 Å². The molecule has 0 spiro atoms. The van der Waals surface area contributed by atoms with Gasteiger partial charge in [0, 0.05) is 31.9 Å². The van der Waals surface area contributed by atoms with Crippen molar-refractivity contribution in [1.82, 2.24) is 9.46 Å². The molecule has 0 aliphatic carbocycles. The third kappa shape index (κ3) is 2.85. The van der Waals surface area contributed by atoms with Gasteiger partial charge in [-0.05, 0) is 30.3 Å². The van der Waals surface area contributed by atoms with Crippen LogP contribution in [0.25, 0.3) is 11.3 Å². The molecular weight excluding hydrogens is 378 g/mol. The highest BCUT2D eigenvalue weighted by molar-refractivity contribution is 7.89. The number of benzene rings is 2. The summed E-state index contributed by atoms with van der Waals surface area (Å²) in [5.74, 6) is 1.18. The van der Waals surface area contributed by atoms with E-state index in [1.54, 1.807) is 28.7 Å². The molecule has 0 bridgehead atoms.